The Bertz CT molecular complexity index is 237. The fourth-order valence-electron chi connectivity index (χ4n) is 2.81. The molecule has 0 aromatic rings. The van der Waals surface area contributed by atoms with Gasteiger partial charge in [0, 0.05) is 5.41 Å². The summed E-state index contributed by atoms with van der Waals surface area (Å²) in [7, 11) is 0. The third kappa shape index (κ3) is 7.59. The van der Waals surface area contributed by atoms with Crippen LogP contribution in [0.15, 0.2) is 0 Å². The molecule has 0 rings (SSSR count). The molecule has 0 saturated carbocycles. The van der Waals surface area contributed by atoms with Gasteiger partial charge in [0.1, 0.15) is 0 Å². The average molecular weight is 269 g/mol. The summed E-state index contributed by atoms with van der Waals surface area (Å²) in [5, 5.41) is 0. The van der Waals surface area contributed by atoms with Gasteiger partial charge in [0.2, 0.25) is 5.91 Å². The first-order valence-electron chi connectivity index (χ1n) is 8.28. The van der Waals surface area contributed by atoms with Gasteiger partial charge < -0.3 is 5.73 Å². The highest BCUT2D eigenvalue weighted by Crippen LogP contribution is 2.35. The molecule has 19 heavy (non-hydrogen) atoms. The Morgan fingerprint density at radius 2 is 1.58 bits per heavy atom. The summed E-state index contributed by atoms with van der Waals surface area (Å²) in [6, 6.07) is 0. The van der Waals surface area contributed by atoms with Crippen molar-refractivity contribution in [2.45, 2.75) is 91.9 Å². The van der Waals surface area contributed by atoms with Crippen LogP contribution in [0.5, 0.6) is 0 Å². The SMILES string of the molecule is CCCCCCC(CC)(CCCCC(C)C)C(N)=O. The Morgan fingerprint density at radius 1 is 1.00 bits per heavy atom. The van der Waals surface area contributed by atoms with Gasteiger partial charge in [-0.1, -0.05) is 72.6 Å². The minimum Gasteiger partial charge on any atom is -0.369 e. The van der Waals surface area contributed by atoms with Crippen LogP contribution in [-0.2, 0) is 4.79 Å². The van der Waals surface area contributed by atoms with E-state index in [2.05, 4.69) is 27.7 Å². The van der Waals surface area contributed by atoms with E-state index >= 15 is 0 Å². The standard InChI is InChI=1S/C17H35NO/c1-5-7-8-10-13-17(6-2,16(18)19)14-11-9-12-15(3)4/h15H,5-14H2,1-4H3,(H2,18,19). The lowest BCUT2D eigenvalue weighted by molar-refractivity contribution is -0.129. The molecule has 0 aromatic heterocycles. The molecule has 0 aromatic carbocycles. The lowest BCUT2D eigenvalue weighted by Gasteiger charge is -2.29. The van der Waals surface area contributed by atoms with E-state index in [1.807, 2.05) is 0 Å². The van der Waals surface area contributed by atoms with Gasteiger partial charge in [0.15, 0.2) is 0 Å². The van der Waals surface area contributed by atoms with Gasteiger partial charge in [0.05, 0.1) is 0 Å². The topological polar surface area (TPSA) is 43.1 Å². The van der Waals surface area contributed by atoms with Gasteiger partial charge in [-0.05, 0) is 25.2 Å². The van der Waals surface area contributed by atoms with Crippen molar-refractivity contribution in [3.8, 4) is 0 Å². The Kier molecular flexibility index (Phi) is 9.99. The lowest BCUT2D eigenvalue weighted by Crippen LogP contribution is -2.36. The smallest absolute Gasteiger partial charge is 0.223 e. The molecule has 2 nitrogen and oxygen atoms in total. The van der Waals surface area contributed by atoms with Crippen LogP contribution < -0.4 is 5.73 Å². The molecule has 0 fully saturated rings. The second-order valence-electron chi connectivity index (χ2n) is 6.45. The van der Waals surface area contributed by atoms with Crippen LogP contribution in [0, 0.1) is 11.3 Å². The molecule has 0 aliphatic carbocycles. The van der Waals surface area contributed by atoms with Gasteiger partial charge in [-0.25, -0.2) is 0 Å². The predicted molar refractivity (Wildman–Crippen MR) is 84.0 cm³/mol. The highest BCUT2D eigenvalue weighted by Gasteiger charge is 2.33. The molecule has 2 heteroatoms. The molecular formula is C17H35NO. The lowest BCUT2D eigenvalue weighted by atomic mass is 9.75. The van der Waals surface area contributed by atoms with Crippen molar-refractivity contribution in [1.29, 1.82) is 0 Å². The summed E-state index contributed by atoms with van der Waals surface area (Å²) in [6.45, 7) is 8.85. The number of hydrogen-bond donors (Lipinski definition) is 1. The van der Waals surface area contributed by atoms with Crippen LogP contribution in [0.25, 0.3) is 0 Å². The van der Waals surface area contributed by atoms with E-state index in [1.165, 1.54) is 32.1 Å². The van der Waals surface area contributed by atoms with Gasteiger partial charge >= 0.3 is 0 Å². The largest absolute Gasteiger partial charge is 0.369 e. The van der Waals surface area contributed by atoms with Gasteiger partial charge in [0.25, 0.3) is 0 Å². The quantitative estimate of drug-likeness (QED) is 0.495. The van der Waals surface area contributed by atoms with E-state index in [0.29, 0.717) is 0 Å². The molecule has 0 aliphatic heterocycles. The molecule has 1 unspecified atom stereocenters. The molecule has 0 aliphatic rings. The van der Waals surface area contributed by atoms with Crippen molar-refractivity contribution in [2.24, 2.45) is 17.1 Å². The first kappa shape index (κ1) is 18.5. The molecule has 0 spiro atoms. The molecule has 114 valence electrons. The highest BCUT2D eigenvalue weighted by atomic mass is 16.1. The average Bonchev–Trinajstić information content (AvgIpc) is 2.36. The Hall–Kier alpha value is -0.530. The molecule has 1 atom stereocenters. The zero-order chi connectivity index (χ0) is 14.7. The summed E-state index contributed by atoms with van der Waals surface area (Å²) in [5.74, 6) is 0.685. The van der Waals surface area contributed by atoms with Crippen molar-refractivity contribution in [1.82, 2.24) is 0 Å². The minimum absolute atomic E-state index is 0.0731. The predicted octanol–water partition coefficient (Wildman–Crippen LogP) is 5.05. The van der Waals surface area contributed by atoms with Gasteiger partial charge in [-0.3, -0.25) is 4.79 Å². The van der Waals surface area contributed by atoms with Crippen LogP contribution in [0.4, 0.5) is 0 Å². The minimum atomic E-state index is -0.231. The Morgan fingerprint density at radius 3 is 2.00 bits per heavy atom. The zero-order valence-electron chi connectivity index (χ0n) is 13.6. The number of primary amides is 1. The van der Waals surface area contributed by atoms with Crippen LogP contribution in [-0.4, -0.2) is 5.91 Å². The summed E-state index contributed by atoms with van der Waals surface area (Å²) in [6.07, 6.45) is 11.4. The molecule has 0 saturated heterocycles. The zero-order valence-corrected chi connectivity index (χ0v) is 13.6. The van der Waals surface area contributed by atoms with E-state index in [9.17, 15) is 4.79 Å². The van der Waals surface area contributed by atoms with E-state index in [0.717, 1.165) is 38.0 Å². The van der Waals surface area contributed by atoms with Gasteiger partial charge in [-0.15, -0.1) is 0 Å². The van der Waals surface area contributed by atoms with Crippen molar-refractivity contribution in [2.75, 3.05) is 0 Å². The van der Waals surface area contributed by atoms with E-state index < -0.39 is 0 Å². The van der Waals surface area contributed by atoms with Crippen LogP contribution in [0.1, 0.15) is 91.9 Å². The van der Waals surface area contributed by atoms with Gasteiger partial charge in [-0.2, -0.15) is 0 Å². The Labute approximate surface area is 120 Å². The third-order valence-electron chi connectivity index (χ3n) is 4.40. The van der Waals surface area contributed by atoms with E-state index in [4.69, 9.17) is 5.73 Å². The maximum absolute atomic E-state index is 11.9. The number of carbonyl (C=O) groups excluding carboxylic acids is 1. The normalized spacial score (nSPS) is 14.6. The highest BCUT2D eigenvalue weighted by molar-refractivity contribution is 5.80. The maximum atomic E-state index is 11.9. The second kappa shape index (κ2) is 10.3. The second-order valence-corrected chi connectivity index (χ2v) is 6.45. The van der Waals surface area contributed by atoms with Crippen LogP contribution >= 0.6 is 0 Å². The molecular weight excluding hydrogens is 234 g/mol. The molecule has 0 bridgehead atoms. The number of carbonyl (C=O) groups is 1. The van der Waals surface area contributed by atoms with E-state index in [-0.39, 0.29) is 11.3 Å². The number of amides is 1. The monoisotopic (exact) mass is 269 g/mol. The van der Waals surface area contributed by atoms with Crippen LogP contribution in [0.3, 0.4) is 0 Å². The molecule has 0 heterocycles. The third-order valence-corrected chi connectivity index (χ3v) is 4.40. The van der Waals surface area contributed by atoms with Crippen molar-refractivity contribution in [3.05, 3.63) is 0 Å². The summed E-state index contributed by atoms with van der Waals surface area (Å²) in [5.41, 5.74) is 5.47. The first-order valence-corrected chi connectivity index (χ1v) is 8.28. The Balaban J connectivity index is 4.22. The number of rotatable bonds is 12. The number of nitrogens with two attached hydrogens (primary N) is 1. The molecule has 1 amide bonds. The fraction of sp³-hybridized carbons (Fsp3) is 0.941. The number of hydrogen-bond acceptors (Lipinski definition) is 1. The summed E-state index contributed by atoms with van der Waals surface area (Å²) < 4.78 is 0. The van der Waals surface area contributed by atoms with Crippen LogP contribution in [0.2, 0.25) is 0 Å². The van der Waals surface area contributed by atoms with Crippen molar-refractivity contribution >= 4 is 5.91 Å². The first-order chi connectivity index (χ1) is 8.98. The van der Waals surface area contributed by atoms with E-state index in [1.54, 1.807) is 0 Å². The van der Waals surface area contributed by atoms with Crippen molar-refractivity contribution < 1.29 is 4.79 Å². The number of unbranched alkanes of at least 4 members (excludes halogenated alkanes) is 4. The fourth-order valence-corrected chi connectivity index (χ4v) is 2.81. The van der Waals surface area contributed by atoms with Crippen molar-refractivity contribution in [3.63, 3.8) is 0 Å². The summed E-state index contributed by atoms with van der Waals surface area (Å²) >= 11 is 0. The molecule has 2 N–H and O–H groups in total. The molecule has 0 radical (unpaired) electrons. The summed E-state index contributed by atoms with van der Waals surface area (Å²) in [4.78, 5) is 11.9. The maximum Gasteiger partial charge on any atom is 0.223 e.